The summed E-state index contributed by atoms with van der Waals surface area (Å²) in [6.07, 6.45) is 5.92. The smallest absolute Gasteiger partial charge is 0.251 e. The third-order valence-corrected chi connectivity index (χ3v) is 5.53. The summed E-state index contributed by atoms with van der Waals surface area (Å²) in [5.74, 6) is 0.617. The zero-order valence-corrected chi connectivity index (χ0v) is 16.2. The molecule has 1 aromatic carbocycles. The van der Waals surface area contributed by atoms with Gasteiger partial charge in [0.15, 0.2) is 0 Å². The molecule has 1 aromatic heterocycles. The highest BCUT2D eigenvalue weighted by Crippen LogP contribution is 2.25. The lowest BCUT2D eigenvalue weighted by molar-refractivity contribution is -0.120. The van der Waals surface area contributed by atoms with Crippen molar-refractivity contribution in [3.8, 4) is 5.75 Å². The lowest BCUT2D eigenvalue weighted by Gasteiger charge is -2.19. The van der Waals surface area contributed by atoms with Crippen molar-refractivity contribution in [2.24, 2.45) is 5.92 Å². The fourth-order valence-corrected chi connectivity index (χ4v) is 3.87. The van der Waals surface area contributed by atoms with E-state index in [1.54, 1.807) is 31.4 Å². The molecule has 3 rings (SSSR count). The van der Waals surface area contributed by atoms with Crippen LogP contribution in [0.25, 0.3) is 0 Å². The predicted octanol–water partition coefficient (Wildman–Crippen LogP) is 3.04. The van der Waals surface area contributed by atoms with E-state index in [9.17, 15) is 9.59 Å². The van der Waals surface area contributed by atoms with Gasteiger partial charge >= 0.3 is 0 Å². The van der Waals surface area contributed by atoms with E-state index in [-0.39, 0.29) is 17.7 Å². The first-order valence-electron chi connectivity index (χ1n) is 9.21. The van der Waals surface area contributed by atoms with Crippen LogP contribution in [0.5, 0.6) is 5.75 Å². The second-order valence-electron chi connectivity index (χ2n) is 6.56. The van der Waals surface area contributed by atoms with Crippen LogP contribution in [-0.4, -0.2) is 35.7 Å². The Bertz CT molecular complexity index is 787. The number of hydrogen-bond donors (Lipinski definition) is 2. The van der Waals surface area contributed by atoms with E-state index >= 15 is 0 Å². The van der Waals surface area contributed by atoms with E-state index in [1.165, 1.54) is 17.8 Å². The van der Waals surface area contributed by atoms with Crippen LogP contribution in [0.2, 0.25) is 0 Å². The van der Waals surface area contributed by atoms with E-state index in [1.807, 2.05) is 0 Å². The van der Waals surface area contributed by atoms with Gasteiger partial charge in [-0.15, -0.1) is 10.2 Å². The largest absolute Gasteiger partial charge is 0.497 e. The minimum atomic E-state index is -0.163. The van der Waals surface area contributed by atoms with Gasteiger partial charge in [0.1, 0.15) is 10.8 Å². The van der Waals surface area contributed by atoms with Gasteiger partial charge in [-0.3, -0.25) is 9.59 Å². The van der Waals surface area contributed by atoms with E-state index < -0.39 is 0 Å². The van der Waals surface area contributed by atoms with Crippen molar-refractivity contribution in [1.29, 1.82) is 0 Å². The fourth-order valence-electron chi connectivity index (χ4n) is 3.13. The normalized spacial score (nSPS) is 14.6. The molecule has 0 unspecified atom stereocenters. The average molecular weight is 388 g/mol. The number of ether oxygens (including phenoxy) is 1. The van der Waals surface area contributed by atoms with Crippen LogP contribution in [0.15, 0.2) is 24.3 Å². The lowest BCUT2D eigenvalue weighted by atomic mass is 9.89. The van der Waals surface area contributed by atoms with Crippen LogP contribution in [0.1, 0.15) is 47.5 Å². The van der Waals surface area contributed by atoms with Gasteiger partial charge in [0, 0.05) is 24.4 Å². The number of methoxy groups -OCH3 is 1. The number of amides is 2. The molecule has 8 heteroatoms. The Morgan fingerprint density at radius 3 is 2.81 bits per heavy atom. The van der Waals surface area contributed by atoms with E-state index in [2.05, 4.69) is 20.8 Å². The number of carbonyl (C=O) groups is 2. The lowest BCUT2D eigenvalue weighted by Crippen LogP contribution is -2.25. The summed E-state index contributed by atoms with van der Waals surface area (Å²) >= 11 is 1.35. The first-order valence-corrected chi connectivity index (χ1v) is 10.0. The zero-order valence-electron chi connectivity index (χ0n) is 15.4. The molecule has 0 radical (unpaired) electrons. The first-order chi connectivity index (χ1) is 13.2. The highest BCUT2D eigenvalue weighted by molar-refractivity contribution is 7.15. The molecule has 1 aliphatic carbocycles. The van der Waals surface area contributed by atoms with Gasteiger partial charge in [0.2, 0.25) is 11.0 Å². The Morgan fingerprint density at radius 1 is 1.22 bits per heavy atom. The third kappa shape index (κ3) is 5.50. The molecule has 7 nitrogen and oxygen atoms in total. The molecule has 27 heavy (non-hydrogen) atoms. The number of carbonyl (C=O) groups excluding carboxylic acids is 2. The maximum absolute atomic E-state index is 12.2. The molecule has 0 aliphatic heterocycles. The van der Waals surface area contributed by atoms with Gasteiger partial charge < -0.3 is 15.4 Å². The monoisotopic (exact) mass is 388 g/mol. The summed E-state index contributed by atoms with van der Waals surface area (Å²) < 4.78 is 5.13. The Kier molecular flexibility index (Phi) is 6.75. The summed E-state index contributed by atoms with van der Waals surface area (Å²) in [6, 6.07) is 7.00. The van der Waals surface area contributed by atoms with Crippen molar-refractivity contribution >= 4 is 28.3 Å². The highest BCUT2D eigenvalue weighted by atomic mass is 32.1. The van der Waals surface area contributed by atoms with Gasteiger partial charge in [-0.1, -0.05) is 36.7 Å². The topological polar surface area (TPSA) is 93.2 Å². The van der Waals surface area contributed by atoms with Crippen LogP contribution in [0.3, 0.4) is 0 Å². The standard InChI is InChI=1S/C19H24N4O3S/c1-26-15-9-5-8-14(12-15)17(24)20-11-10-16-22-23-19(27-16)21-18(25)13-6-3-2-4-7-13/h5,8-9,12-13H,2-4,6-7,10-11H2,1H3,(H,20,24)(H,21,23,25). The summed E-state index contributed by atoms with van der Waals surface area (Å²) in [6.45, 7) is 0.446. The number of anilines is 1. The Hall–Kier alpha value is -2.48. The number of benzene rings is 1. The van der Waals surface area contributed by atoms with Crippen molar-refractivity contribution in [3.63, 3.8) is 0 Å². The molecular weight excluding hydrogens is 364 g/mol. The molecule has 0 spiro atoms. The number of rotatable bonds is 7. The zero-order chi connectivity index (χ0) is 19.1. The molecular formula is C19H24N4O3S. The number of nitrogens with one attached hydrogen (secondary N) is 2. The van der Waals surface area contributed by atoms with Gasteiger partial charge in [0.25, 0.3) is 5.91 Å². The molecule has 1 saturated carbocycles. The van der Waals surface area contributed by atoms with Crippen molar-refractivity contribution in [2.45, 2.75) is 38.5 Å². The predicted molar refractivity (Wildman–Crippen MR) is 104 cm³/mol. The van der Waals surface area contributed by atoms with Gasteiger partial charge in [0.05, 0.1) is 7.11 Å². The van der Waals surface area contributed by atoms with Gasteiger partial charge in [-0.05, 0) is 31.0 Å². The molecule has 1 fully saturated rings. The quantitative estimate of drug-likeness (QED) is 0.760. The minimum absolute atomic E-state index is 0.0451. The van der Waals surface area contributed by atoms with Crippen LogP contribution < -0.4 is 15.4 Å². The van der Waals surface area contributed by atoms with Crippen LogP contribution in [0.4, 0.5) is 5.13 Å². The molecule has 2 amide bonds. The molecule has 2 aromatic rings. The van der Waals surface area contributed by atoms with Gasteiger partial charge in [-0.25, -0.2) is 0 Å². The number of hydrogen-bond acceptors (Lipinski definition) is 6. The summed E-state index contributed by atoms with van der Waals surface area (Å²) in [4.78, 5) is 24.4. The van der Waals surface area contributed by atoms with Crippen LogP contribution in [-0.2, 0) is 11.2 Å². The second kappa shape index (κ2) is 9.45. The summed E-state index contributed by atoms with van der Waals surface area (Å²) in [5.41, 5.74) is 0.548. The van der Waals surface area contributed by atoms with Crippen molar-refractivity contribution in [1.82, 2.24) is 15.5 Å². The first kappa shape index (κ1) is 19.3. The third-order valence-electron chi connectivity index (χ3n) is 4.63. The molecule has 2 N–H and O–H groups in total. The van der Waals surface area contributed by atoms with Crippen molar-refractivity contribution in [2.75, 3.05) is 19.0 Å². The minimum Gasteiger partial charge on any atom is -0.497 e. The van der Waals surface area contributed by atoms with E-state index in [0.29, 0.717) is 29.4 Å². The van der Waals surface area contributed by atoms with Gasteiger partial charge in [-0.2, -0.15) is 0 Å². The van der Waals surface area contributed by atoms with E-state index in [0.717, 1.165) is 30.7 Å². The second-order valence-corrected chi connectivity index (χ2v) is 7.63. The number of aromatic nitrogens is 2. The Balaban J connectivity index is 1.45. The molecule has 1 aliphatic rings. The molecule has 144 valence electrons. The Morgan fingerprint density at radius 2 is 2.04 bits per heavy atom. The molecule has 0 saturated heterocycles. The maximum atomic E-state index is 12.2. The molecule has 1 heterocycles. The fraction of sp³-hybridized carbons (Fsp3) is 0.474. The highest BCUT2D eigenvalue weighted by Gasteiger charge is 2.22. The maximum Gasteiger partial charge on any atom is 0.251 e. The summed E-state index contributed by atoms with van der Waals surface area (Å²) in [7, 11) is 1.57. The Labute approximate surface area is 162 Å². The molecule has 0 atom stereocenters. The van der Waals surface area contributed by atoms with Crippen molar-refractivity contribution < 1.29 is 14.3 Å². The molecule has 0 bridgehead atoms. The SMILES string of the molecule is COc1cccc(C(=O)NCCc2nnc(NC(=O)C3CCCCC3)s2)c1. The number of nitrogens with zero attached hydrogens (tertiary/aromatic N) is 2. The van der Waals surface area contributed by atoms with Crippen molar-refractivity contribution in [3.05, 3.63) is 34.8 Å². The average Bonchev–Trinajstić information content (AvgIpc) is 3.15. The van der Waals surface area contributed by atoms with Crippen LogP contribution >= 0.6 is 11.3 Å². The van der Waals surface area contributed by atoms with E-state index in [4.69, 9.17) is 4.74 Å². The van der Waals surface area contributed by atoms with Crippen LogP contribution in [0, 0.1) is 5.92 Å². The summed E-state index contributed by atoms with van der Waals surface area (Å²) in [5, 5.41) is 15.2.